The lowest BCUT2D eigenvalue weighted by Crippen LogP contribution is -2.31. The number of esters is 1. The number of carbonyl (C=O) groups excluding carboxylic acids is 1. The molecule has 126 valence electrons. The molecule has 0 aromatic heterocycles. The van der Waals surface area contributed by atoms with E-state index in [4.69, 9.17) is 4.74 Å². The number of nitrogens with zero attached hydrogens (tertiary/aromatic N) is 2. The fourth-order valence-corrected chi connectivity index (χ4v) is 2.72. The molecule has 9 nitrogen and oxygen atoms in total. The minimum absolute atomic E-state index is 0.101. The monoisotopic (exact) mass is 333 g/mol. The van der Waals surface area contributed by atoms with Gasteiger partial charge in [-0.15, -0.1) is 0 Å². The number of allylic oxidation sites excluding steroid dienone is 3. The summed E-state index contributed by atoms with van der Waals surface area (Å²) in [5.74, 6) is -1.68. The number of methoxy groups -OCH3 is 1. The minimum atomic E-state index is -0.977. The van der Waals surface area contributed by atoms with E-state index >= 15 is 0 Å². The SMILES string of the molecule is COC(=O)C1=C(C)NC(C)=C([N+](=O)[O-])C1c1ccc([N+](=O)[O-])cc1. The van der Waals surface area contributed by atoms with E-state index in [9.17, 15) is 25.0 Å². The molecule has 1 heterocycles. The molecule has 1 aromatic rings. The summed E-state index contributed by atoms with van der Waals surface area (Å²) in [6.45, 7) is 3.15. The highest BCUT2D eigenvalue weighted by Crippen LogP contribution is 2.39. The Balaban J connectivity index is 2.64. The zero-order chi connectivity index (χ0) is 18.0. The number of nitro groups is 2. The van der Waals surface area contributed by atoms with Gasteiger partial charge in [-0.25, -0.2) is 4.79 Å². The average molecular weight is 333 g/mol. The Labute approximate surface area is 136 Å². The number of carbonyl (C=O) groups is 1. The predicted molar refractivity (Wildman–Crippen MR) is 83.4 cm³/mol. The molecule has 0 spiro atoms. The molecule has 1 aliphatic heterocycles. The number of hydrogen-bond donors (Lipinski definition) is 1. The highest BCUT2D eigenvalue weighted by atomic mass is 16.6. The van der Waals surface area contributed by atoms with Crippen molar-refractivity contribution in [3.05, 3.63) is 72.7 Å². The molecule has 0 radical (unpaired) electrons. The summed E-state index contributed by atoms with van der Waals surface area (Å²) in [5, 5.41) is 25.1. The molecule has 0 saturated heterocycles. The number of benzene rings is 1. The second-order valence-corrected chi connectivity index (χ2v) is 5.20. The van der Waals surface area contributed by atoms with Crippen LogP contribution in [0.5, 0.6) is 0 Å². The summed E-state index contributed by atoms with van der Waals surface area (Å²) in [4.78, 5) is 33.3. The van der Waals surface area contributed by atoms with Crippen molar-refractivity contribution in [1.82, 2.24) is 5.32 Å². The van der Waals surface area contributed by atoms with Crippen LogP contribution >= 0.6 is 0 Å². The van der Waals surface area contributed by atoms with Crippen molar-refractivity contribution in [2.24, 2.45) is 0 Å². The molecule has 0 bridgehead atoms. The Hall–Kier alpha value is -3.23. The van der Waals surface area contributed by atoms with Gasteiger partial charge >= 0.3 is 5.97 Å². The molecule has 0 amide bonds. The van der Waals surface area contributed by atoms with E-state index in [-0.39, 0.29) is 17.0 Å². The highest BCUT2D eigenvalue weighted by molar-refractivity contribution is 5.92. The highest BCUT2D eigenvalue weighted by Gasteiger charge is 2.40. The molecule has 2 rings (SSSR count). The van der Waals surface area contributed by atoms with E-state index in [1.165, 1.54) is 38.3 Å². The van der Waals surface area contributed by atoms with Crippen molar-refractivity contribution in [1.29, 1.82) is 0 Å². The van der Waals surface area contributed by atoms with E-state index in [0.29, 0.717) is 17.0 Å². The minimum Gasteiger partial charge on any atom is -0.466 e. The van der Waals surface area contributed by atoms with Crippen LogP contribution in [-0.4, -0.2) is 22.9 Å². The molecular formula is C15H15N3O6. The van der Waals surface area contributed by atoms with Crippen molar-refractivity contribution < 1.29 is 19.4 Å². The van der Waals surface area contributed by atoms with Crippen LogP contribution in [0.4, 0.5) is 5.69 Å². The maximum absolute atomic E-state index is 12.1. The molecule has 0 saturated carbocycles. The molecule has 24 heavy (non-hydrogen) atoms. The van der Waals surface area contributed by atoms with Gasteiger partial charge in [0.1, 0.15) is 5.92 Å². The van der Waals surface area contributed by atoms with Crippen molar-refractivity contribution in [2.75, 3.05) is 7.11 Å². The van der Waals surface area contributed by atoms with Gasteiger partial charge in [0.2, 0.25) is 0 Å². The third-order valence-electron chi connectivity index (χ3n) is 3.76. The molecule has 0 fully saturated rings. The van der Waals surface area contributed by atoms with Crippen LogP contribution in [0.3, 0.4) is 0 Å². The molecule has 1 aliphatic rings. The topological polar surface area (TPSA) is 125 Å². The Morgan fingerprint density at radius 3 is 2.12 bits per heavy atom. The van der Waals surface area contributed by atoms with Crippen LogP contribution in [-0.2, 0) is 9.53 Å². The van der Waals surface area contributed by atoms with Gasteiger partial charge in [0.25, 0.3) is 11.4 Å². The summed E-state index contributed by atoms with van der Waals surface area (Å²) >= 11 is 0. The second kappa shape index (κ2) is 6.49. The maximum atomic E-state index is 12.1. The number of dihydropyridines is 1. The normalized spacial score (nSPS) is 17.4. The van der Waals surface area contributed by atoms with Crippen LogP contribution < -0.4 is 5.32 Å². The Morgan fingerprint density at radius 2 is 1.67 bits per heavy atom. The quantitative estimate of drug-likeness (QED) is 0.509. The fraction of sp³-hybridized carbons (Fsp3) is 0.267. The summed E-state index contributed by atoms with van der Waals surface area (Å²) in [7, 11) is 1.19. The lowest BCUT2D eigenvalue weighted by atomic mass is 9.84. The van der Waals surface area contributed by atoms with Gasteiger partial charge in [-0.1, -0.05) is 12.1 Å². The van der Waals surface area contributed by atoms with Gasteiger partial charge in [0.15, 0.2) is 0 Å². The van der Waals surface area contributed by atoms with Gasteiger partial charge in [-0.05, 0) is 19.4 Å². The lowest BCUT2D eigenvalue weighted by molar-refractivity contribution is -0.431. The average Bonchev–Trinajstić information content (AvgIpc) is 2.53. The zero-order valence-corrected chi connectivity index (χ0v) is 13.2. The Kier molecular flexibility index (Phi) is 4.63. The first kappa shape index (κ1) is 17.1. The summed E-state index contributed by atoms with van der Waals surface area (Å²) < 4.78 is 4.75. The number of hydrogen-bond acceptors (Lipinski definition) is 7. The molecule has 1 aromatic carbocycles. The Morgan fingerprint density at radius 1 is 1.08 bits per heavy atom. The van der Waals surface area contributed by atoms with Gasteiger partial charge in [0, 0.05) is 17.8 Å². The van der Waals surface area contributed by atoms with Gasteiger partial charge in [-0.2, -0.15) is 0 Å². The van der Waals surface area contributed by atoms with Crippen molar-refractivity contribution in [3.63, 3.8) is 0 Å². The van der Waals surface area contributed by atoms with E-state index in [1.807, 2.05) is 0 Å². The van der Waals surface area contributed by atoms with E-state index in [1.54, 1.807) is 6.92 Å². The zero-order valence-electron chi connectivity index (χ0n) is 13.2. The Bertz CT molecular complexity index is 779. The van der Waals surface area contributed by atoms with Crippen molar-refractivity contribution in [3.8, 4) is 0 Å². The lowest BCUT2D eigenvalue weighted by Gasteiger charge is -2.26. The molecule has 0 aliphatic carbocycles. The molecule has 1 N–H and O–H groups in total. The first-order valence-electron chi connectivity index (χ1n) is 6.93. The predicted octanol–water partition coefficient (Wildman–Crippen LogP) is 2.24. The summed E-state index contributed by atoms with van der Waals surface area (Å²) in [5.41, 5.74) is 0.893. The largest absolute Gasteiger partial charge is 0.466 e. The van der Waals surface area contributed by atoms with Gasteiger partial charge < -0.3 is 10.1 Å². The third-order valence-corrected chi connectivity index (χ3v) is 3.76. The first-order chi connectivity index (χ1) is 11.3. The van der Waals surface area contributed by atoms with E-state index < -0.39 is 21.7 Å². The molecule has 1 atom stereocenters. The fourth-order valence-electron chi connectivity index (χ4n) is 2.72. The first-order valence-corrected chi connectivity index (χ1v) is 6.93. The molecular weight excluding hydrogens is 318 g/mol. The smallest absolute Gasteiger partial charge is 0.336 e. The number of ether oxygens (including phenoxy) is 1. The van der Waals surface area contributed by atoms with E-state index in [2.05, 4.69) is 5.32 Å². The van der Waals surface area contributed by atoms with Gasteiger partial charge in [-0.3, -0.25) is 20.2 Å². The molecule has 1 unspecified atom stereocenters. The maximum Gasteiger partial charge on any atom is 0.336 e. The van der Waals surface area contributed by atoms with Gasteiger partial charge in [0.05, 0.1) is 28.2 Å². The van der Waals surface area contributed by atoms with Crippen LogP contribution in [0.25, 0.3) is 0 Å². The number of nitro benzene ring substituents is 1. The standard InChI is InChI=1S/C15H15N3O6/c1-8-12(15(19)24-3)13(14(18(22)23)9(2)16-8)10-4-6-11(7-5-10)17(20)21/h4-7,13,16H,1-3H3. The van der Waals surface area contributed by atoms with Crippen molar-refractivity contribution in [2.45, 2.75) is 19.8 Å². The number of non-ortho nitro benzene ring substituents is 1. The van der Waals surface area contributed by atoms with Crippen LogP contribution in [0.2, 0.25) is 0 Å². The number of rotatable bonds is 4. The van der Waals surface area contributed by atoms with E-state index in [0.717, 1.165) is 0 Å². The van der Waals surface area contributed by atoms with Crippen LogP contribution in [0, 0.1) is 20.2 Å². The third kappa shape index (κ3) is 2.96. The summed E-state index contributed by atoms with van der Waals surface area (Å²) in [6, 6.07) is 5.30. The van der Waals surface area contributed by atoms with Crippen LogP contribution in [0.15, 0.2) is 46.9 Å². The van der Waals surface area contributed by atoms with Crippen molar-refractivity contribution >= 4 is 11.7 Å². The second-order valence-electron chi connectivity index (χ2n) is 5.20. The molecule has 9 heteroatoms. The van der Waals surface area contributed by atoms with Crippen LogP contribution in [0.1, 0.15) is 25.3 Å². The number of nitrogens with one attached hydrogen (secondary N) is 1. The summed E-state index contributed by atoms with van der Waals surface area (Å²) in [6.07, 6.45) is 0.